The topological polar surface area (TPSA) is 78.0 Å². The zero-order valence-electron chi connectivity index (χ0n) is 9.40. The number of carbonyl (C=O) groups is 1. The molecule has 0 aliphatic carbocycles. The fourth-order valence-corrected chi connectivity index (χ4v) is 1.50. The molecule has 5 heteroatoms. The number of hydrogen-bond acceptors (Lipinski definition) is 3. The van der Waals surface area contributed by atoms with Gasteiger partial charge in [-0.2, -0.15) is 5.10 Å². The van der Waals surface area contributed by atoms with Crippen molar-refractivity contribution >= 4 is 11.6 Å². The lowest BCUT2D eigenvalue weighted by Crippen LogP contribution is -2.14. The largest absolute Gasteiger partial charge is 0.506 e. The number of aryl methyl sites for hydroxylation is 1. The zero-order valence-corrected chi connectivity index (χ0v) is 9.40. The molecule has 0 spiro atoms. The fraction of sp³-hybridized carbons (Fsp3) is 0.167. The summed E-state index contributed by atoms with van der Waals surface area (Å²) in [7, 11) is 0. The summed E-state index contributed by atoms with van der Waals surface area (Å²) < 4.78 is 0. The summed E-state index contributed by atoms with van der Waals surface area (Å²) >= 11 is 0. The highest BCUT2D eigenvalue weighted by Gasteiger charge is 2.07. The van der Waals surface area contributed by atoms with Crippen LogP contribution in [0.5, 0.6) is 5.75 Å². The van der Waals surface area contributed by atoms with Crippen LogP contribution in [0.1, 0.15) is 11.3 Å². The molecule has 2 rings (SSSR count). The number of nitrogens with one attached hydrogen (secondary N) is 2. The van der Waals surface area contributed by atoms with Gasteiger partial charge in [-0.05, 0) is 30.7 Å². The van der Waals surface area contributed by atoms with Crippen LogP contribution in [-0.2, 0) is 11.2 Å². The first-order valence-electron chi connectivity index (χ1n) is 5.23. The van der Waals surface area contributed by atoms with E-state index in [1.165, 1.54) is 0 Å². The van der Waals surface area contributed by atoms with Crippen molar-refractivity contribution < 1.29 is 9.90 Å². The second-order valence-electron chi connectivity index (χ2n) is 3.83. The number of nitrogens with zero attached hydrogens (tertiary/aromatic N) is 1. The molecule has 0 aliphatic rings. The Morgan fingerprint density at radius 2 is 2.29 bits per heavy atom. The summed E-state index contributed by atoms with van der Waals surface area (Å²) in [6, 6.07) is 6.83. The normalized spacial score (nSPS) is 10.2. The van der Waals surface area contributed by atoms with Gasteiger partial charge >= 0.3 is 0 Å². The molecule has 0 radical (unpaired) electrons. The molecule has 5 nitrogen and oxygen atoms in total. The van der Waals surface area contributed by atoms with Crippen molar-refractivity contribution in [3.05, 3.63) is 41.7 Å². The molecule has 1 amide bonds. The number of amides is 1. The van der Waals surface area contributed by atoms with Gasteiger partial charge in [-0.25, -0.2) is 0 Å². The predicted molar refractivity (Wildman–Crippen MR) is 63.8 cm³/mol. The number of benzene rings is 1. The highest BCUT2D eigenvalue weighted by Crippen LogP contribution is 2.23. The summed E-state index contributed by atoms with van der Waals surface area (Å²) in [5.41, 5.74) is 2.09. The van der Waals surface area contributed by atoms with Crippen LogP contribution in [0.3, 0.4) is 0 Å². The van der Waals surface area contributed by atoms with Crippen molar-refractivity contribution in [1.82, 2.24) is 10.2 Å². The molecular formula is C12H13N3O2. The van der Waals surface area contributed by atoms with Crippen molar-refractivity contribution in [2.24, 2.45) is 0 Å². The predicted octanol–water partition coefficient (Wildman–Crippen LogP) is 1.60. The molecule has 2 aromatic rings. The van der Waals surface area contributed by atoms with E-state index in [2.05, 4.69) is 15.5 Å². The average Bonchev–Trinajstić information content (AvgIpc) is 2.75. The number of aromatic nitrogens is 2. The summed E-state index contributed by atoms with van der Waals surface area (Å²) in [5, 5.41) is 18.7. The van der Waals surface area contributed by atoms with Gasteiger partial charge in [-0.3, -0.25) is 9.89 Å². The summed E-state index contributed by atoms with van der Waals surface area (Å²) in [4.78, 5) is 11.6. The van der Waals surface area contributed by atoms with E-state index in [9.17, 15) is 9.90 Å². The van der Waals surface area contributed by atoms with Crippen molar-refractivity contribution in [3.8, 4) is 5.75 Å². The lowest BCUT2D eigenvalue weighted by Gasteiger charge is -2.07. The van der Waals surface area contributed by atoms with E-state index in [4.69, 9.17) is 0 Å². The van der Waals surface area contributed by atoms with Crippen LogP contribution in [0.2, 0.25) is 0 Å². The monoisotopic (exact) mass is 231 g/mol. The lowest BCUT2D eigenvalue weighted by molar-refractivity contribution is -0.115. The molecule has 0 saturated carbocycles. The molecule has 1 aromatic carbocycles. The van der Waals surface area contributed by atoms with Crippen LogP contribution in [-0.4, -0.2) is 21.2 Å². The number of rotatable bonds is 3. The molecular weight excluding hydrogens is 218 g/mol. The second-order valence-corrected chi connectivity index (χ2v) is 3.83. The first-order valence-corrected chi connectivity index (χ1v) is 5.23. The van der Waals surface area contributed by atoms with Crippen LogP contribution in [0.4, 0.5) is 5.69 Å². The number of phenols is 1. The summed E-state index contributed by atoms with van der Waals surface area (Å²) in [6.07, 6.45) is 1.79. The van der Waals surface area contributed by atoms with Crippen LogP contribution in [0.25, 0.3) is 0 Å². The van der Waals surface area contributed by atoms with Crippen LogP contribution in [0, 0.1) is 6.92 Å². The van der Waals surface area contributed by atoms with Gasteiger partial charge in [-0.15, -0.1) is 0 Å². The average molecular weight is 231 g/mol. The third-order valence-corrected chi connectivity index (χ3v) is 2.34. The number of aromatic amines is 1. The number of carbonyl (C=O) groups excluding carboxylic acids is 1. The van der Waals surface area contributed by atoms with Gasteiger partial charge in [0.15, 0.2) is 0 Å². The van der Waals surface area contributed by atoms with Gasteiger partial charge in [0, 0.05) is 11.9 Å². The maximum absolute atomic E-state index is 11.6. The van der Waals surface area contributed by atoms with Gasteiger partial charge in [0.1, 0.15) is 5.75 Å². The first kappa shape index (κ1) is 11.2. The Kier molecular flexibility index (Phi) is 3.09. The maximum Gasteiger partial charge on any atom is 0.230 e. The van der Waals surface area contributed by atoms with Crippen LogP contribution in [0.15, 0.2) is 30.5 Å². The van der Waals surface area contributed by atoms with Gasteiger partial charge in [-0.1, -0.05) is 6.07 Å². The van der Waals surface area contributed by atoms with E-state index in [1.54, 1.807) is 24.4 Å². The van der Waals surface area contributed by atoms with Gasteiger partial charge in [0.05, 0.1) is 12.1 Å². The Morgan fingerprint density at radius 3 is 2.94 bits per heavy atom. The molecule has 3 N–H and O–H groups in total. The van der Waals surface area contributed by atoms with E-state index in [-0.39, 0.29) is 18.1 Å². The maximum atomic E-state index is 11.6. The number of hydrogen-bond donors (Lipinski definition) is 3. The SMILES string of the molecule is Cc1ccc(NC(=O)Cc2ccn[nH]2)c(O)c1. The van der Waals surface area contributed by atoms with Gasteiger partial charge in [0.25, 0.3) is 0 Å². The fourth-order valence-electron chi connectivity index (χ4n) is 1.50. The van der Waals surface area contributed by atoms with E-state index >= 15 is 0 Å². The summed E-state index contributed by atoms with van der Waals surface area (Å²) in [6.45, 7) is 1.87. The molecule has 88 valence electrons. The van der Waals surface area contributed by atoms with E-state index < -0.39 is 0 Å². The first-order chi connectivity index (χ1) is 8.15. The van der Waals surface area contributed by atoms with Crippen LogP contribution < -0.4 is 5.32 Å². The van der Waals surface area contributed by atoms with E-state index in [1.807, 2.05) is 13.0 Å². The van der Waals surface area contributed by atoms with Crippen molar-refractivity contribution in [2.75, 3.05) is 5.32 Å². The van der Waals surface area contributed by atoms with Crippen LogP contribution >= 0.6 is 0 Å². The molecule has 0 aliphatic heterocycles. The molecule has 17 heavy (non-hydrogen) atoms. The Labute approximate surface area is 98.5 Å². The number of H-pyrrole nitrogens is 1. The Morgan fingerprint density at radius 1 is 1.47 bits per heavy atom. The Hall–Kier alpha value is -2.30. The quantitative estimate of drug-likeness (QED) is 0.702. The molecule has 0 saturated heterocycles. The molecule has 1 heterocycles. The van der Waals surface area contributed by atoms with Gasteiger partial charge in [0.2, 0.25) is 5.91 Å². The van der Waals surface area contributed by atoms with E-state index in [0.717, 1.165) is 11.3 Å². The lowest BCUT2D eigenvalue weighted by atomic mass is 10.2. The smallest absolute Gasteiger partial charge is 0.230 e. The minimum Gasteiger partial charge on any atom is -0.506 e. The minimum absolute atomic E-state index is 0.0722. The third kappa shape index (κ3) is 2.84. The van der Waals surface area contributed by atoms with Crippen molar-refractivity contribution in [2.45, 2.75) is 13.3 Å². The number of phenolic OH excluding ortho intramolecular Hbond substituents is 1. The second kappa shape index (κ2) is 4.69. The highest BCUT2D eigenvalue weighted by molar-refractivity contribution is 5.93. The Bertz CT molecular complexity index is 521. The number of aromatic hydroxyl groups is 1. The highest BCUT2D eigenvalue weighted by atomic mass is 16.3. The number of anilines is 1. The molecule has 0 unspecified atom stereocenters. The molecule has 0 atom stereocenters. The molecule has 1 aromatic heterocycles. The molecule has 0 bridgehead atoms. The third-order valence-electron chi connectivity index (χ3n) is 2.34. The minimum atomic E-state index is -0.201. The summed E-state index contributed by atoms with van der Waals surface area (Å²) in [5.74, 6) is -0.128. The molecule has 0 fully saturated rings. The van der Waals surface area contributed by atoms with Crippen molar-refractivity contribution in [3.63, 3.8) is 0 Å². The Balaban J connectivity index is 2.03. The van der Waals surface area contributed by atoms with Gasteiger partial charge < -0.3 is 10.4 Å². The zero-order chi connectivity index (χ0) is 12.3. The van der Waals surface area contributed by atoms with Crippen molar-refractivity contribution in [1.29, 1.82) is 0 Å². The van der Waals surface area contributed by atoms with E-state index in [0.29, 0.717) is 5.69 Å². The standard InChI is InChI=1S/C12H13N3O2/c1-8-2-3-10(11(16)6-8)14-12(17)7-9-4-5-13-15-9/h2-6,16H,7H2,1H3,(H,13,15)(H,14,17).